The van der Waals surface area contributed by atoms with E-state index < -0.39 is 0 Å². The smallest absolute Gasteiger partial charge is 0.134 e. The monoisotopic (exact) mass is 440 g/mol. The second kappa shape index (κ2) is 6.13. The highest BCUT2D eigenvalue weighted by atomic mass is 79.9. The highest BCUT2D eigenvalue weighted by Crippen LogP contribution is 2.23. The molecule has 0 spiro atoms. The van der Waals surface area contributed by atoms with Gasteiger partial charge in [0.25, 0.3) is 0 Å². The van der Waals surface area contributed by atoms with Crippen molar-refractivity contribution in [2.24, 2.45) is 0 Å². The first-order chi connectivity index (χ1) is 11.0. The standard InChI is InChI=1S/C7H6BrN3O.C6H4BrN3O/c1-4-2-3-5(8)6-7(4)11(12)10-9-6;7-4-1-2-5-6(3-4)10(11)9-8-5/h2-3,12H,1H3;1-3,11H. The lowest BCUT2D eigenvalue weighted by Gasteiger charge is -1.96. The quantitative estimate of drug-likeness (QED) is 0.406. The number of hydrogen-bond acceptors (Lipinski definition) is 6. The summed E-state index contributed by atoms with van der Waals surface area (Å²) >= 11 is 6.59. The van der Waals surface area contributed by atoms with E-state index in [9.17, 15) is 5.21 Å². The minimum Gasteiger partial charge on any atom is -0.410 e. The van der Waals surface area contributed by atoms with Crippen LogP contribution < -0.4 is 0 Å². The molecule has 23 heavy (non-hydrogen) atoms. The Kier molecular flexibility index (Phi) is 4.18. The molecule has 0 saturated carbocycles. The van der Waals surface area contributed by atoms with Gasteiger partial charge in [0.1, 0.15) is 22.1 Å². The van der Waals surface area contributed by atoms with Crippen LogP contribution >= 0.6 is 31.9 Å². The molecule has 118 valence electrons. The van der Waals surface area contributed by atoms with Crippen molar-refractivity contribution >= 4 is 53.9 Å². The molecule has 0 unspecified atom stereocenters. The van der Waals surface area contributed by atoms with Crippen LogP contribution in [0.4, 0.5) is 0 Å². The lowest BCUT2D eigenvalue weighted by atomic mass is 10.2. The van der Waals surface area contributed by atoms with Gasteiger partial charge in [-0.3, -0.25) is 0 Å². The van der Waals surface area contributed by atoms with Gasteiger partial charge in [-0.15, -0.1) is 10.2 Å². The van der Waals surface area contributed by atoms with Gasteiger partial charge in [-0.2, -0.15) is 0 Å². The van der Waals surface area contributed by atoms with Crippen molar-refractivity contribution in [2.75, 3.05) is 0 Å². The Hall–Kier alpha value is -2.20. The average molecular weight is 442 g/mol. The Morgan fingerprint density at radius 3 is 2.43 bits per heavy atom. The second-order valence-electron chi connectivity index (χ2n) is 4.65. The second-order valence-corrected chi connectivity index (χ2v) is 6.42. The number of benzene rings is 2. The molecule has 0 saturated heterocycles. The van der Waals surface area contributed by atoms with Crippen molar-refractivity contribution in [3.63, 3.8) is 0 Å². The van der Waals surface area contributed by atoms with Gasteiger partial charge in [-0.25, -0.2) is 0 Å². The SMILES string of the molecule is Cc1ccc(Br)c2nnn(O)c12.On1nnc2ccc(Br)cc21. The molecule has 0 aliphatic carbocycles. The first-order valence-corrected chi connectivity index (χ1v) is 7.96. The summed E-state index contributed by atoms with van der Waals surface area (Å²) in [5.41, 5.74) is 3.54. The largest absolute Gasteiger partial charge is 0.410 e. The van der Waals surface area contributed by atoms with Gasteiger partial charge in [-0.1, -0.05) is 31.7 Å². The van der Waals surface area contributed by atoms with Crippen LogP contribution in [-0.2, 0) is 0 Å². The van der Waals surface area contributed by atoms with Crippen LogP contribution in [-0.4, -0.2) is 40.7 Å². The van der Waals surface area contributed by atoms with Gasteiger partial charge in [0, 0.05) is 8.95 Å². The van der Waals surface area contributed by atoms with Gasteiger partial charge >= 0.3 is 0 Å². The molecule has 10 heteroatoms. The van der Waals surface area contributed by atoms with Crippen LogP contribution in [0.25, 0.3) is 22.1 Å². The summed E-state index contributed by atoms with van der Waals surface area (Å²) < 4.78 is 1.73. The summed E-state index contributed by atoms with van der Waals surface area (Å²) in [6.07, 6.45) is 0. The number of rotatable bonds is 0. The lowest BCUT2D eigenvalue weighted by molar-refractivity contribution is 0.154. The van der Waals surface area contributed by atoms with Crippen LogP contribution in [0.2, 0.25) is 0 Å². The average Bonchev–Trinajstić information content (AvgIpc) is 3.09. The van der Waals surface area contributed by atoms with E-state index in [0.29, 0.717) is 22.1 Å². The van der Waals surface area contributed by atoms with Crippen molar-refractivity contribution < 1.29 is 10.4 Å². The predicted octanol–water partition coefficient (Wildman–Crippen LogP) is 3.17. The fourth-order valence-electron chi connectivity index (χ4n) is 2.02. The van der Waals surface area contributed by atoms with Gasteiger partial charge in [-0.05, 0) is 63.1 Å². The molecular weight excluding hydrogens is 432 g/mol. The molecule has 2 N–H and O–H groups in total. The highest BCUT2D eigenvalue weighted by Gasteiger charge is 2.08. The summed E-state index contributed by atoms with van der Waals surface area (Å²) in [4.78, 5) is 1.54. The van der Waals surface area contributed by atoms with Gasteiger partial charge in [0.15, 0.2) is 0 Å². The van der Waals surface area contributed by atoms with E-state index in [4.69, 9.17) is 5.21 Å². The van der Waals surface area contributed by atoms with E-state index in [1.165, 1.54) is 0 Å². The van der Waals surface area contributed by atoms with Crippen molar-refractivity contribution in [2.45, 2.75) is 6.92 Å². The molecular formula is C13H10Br2N6O2. The first-order valence-electron chi connectivity index (χ1n) is 6.37. The Bertz CT molecular complexity index is 997. The van der Waals surface area contributed by atoms with Gasteiger partial charge in [0.2, 0.25) is 0 Å². The van der Waals surface area contributed by atoms with Crippen molar-refractivity contribution in [1.82, 2.24) is 30.3 Å². The normalized spacial score (nSPS) is 10.7. The zero-order valence-corrected chi connectivity index (χ0v) is 14.9. The number of aryl methyl sites for hydroxylation is 1. The number of nitrogens with zero attached hydrogens (tertiary/aromatic N) is 6. The molecule has 0 bridgehead atoms. The summed E-state index contributed by atoms with van der Waals surface area (Å²) in [5, 5.41) is 32.7. The fourth-order valence-corrected chi connectivity index (χ4v) is 2.76. The lowest BCUT2D eigenvalue weighted by Crippen LogP contribution is -1.93. The Balaban J connectivity index is 0.000000136. The molecule has 2 aromatic carbocycles. The molecule has 0 radical (unpaired) electrons. The Morgan fingerprint density at radius 1 is 0.957 bits per heavy atom. The number of halogens is 2. The number of fused-ring (bicyclic) bond motifs is 2. The molecule has 0 fully saturated rings. The first kappa shape index (κ1) is 15.7. The van der Waals surface area contributed by atoms with Gasteiger partial charge in [0.05, 0.1) is 0 Å². The molecule has 0 atom stereocenters. The van der Waals surface area contributed by atoms with Crippen LogP contribution in [0.1, 0.15) is 5.56 Å². The number of hydrogen-bond donors (Lipinski definition) is 2. The third-order valence-corrected chi connectivity index (χ3v) is 4.26. The molecule has 0 amide bonds. The summed E-state index contributed by atoms with van der Waals surface area (Å²) in [7, 11) is 0. The maximum absolute atomic E-state index is 9.24. The summed E-state index contributed by atoms with van der Waals surface area (Å²) in [5.74, 6) is 0. The van der Waals surface area contributed by atoms with E-state index in [1.807, 2.05) is 25.1 Å². The van der Waals surface area contributed by atoms with E-state index in [0.717, 1.165) is 24.2 Å². The maximum Gasteiger partial charge on any atom is 0.134 e. The van der Waals surface area contributed by atoms with E-state index >= 15 is 0 Å². The van der Waals surface area contributed by atoms with E-state index in [-0.39, 0.29) is 0 Å². The molecule has 0 aliphatic rings. The van der Waals surface area contributed by atoms with Crippen LogP contribution in [0.5, 0.6) is 0 Å². The highest BCUT2D eigenvalue weighted by molar-refractivity contribution is 9.11. The number of aromatic nitrogens is 6. The third-order valence-electron chi connectivity index (χ3n) is 3.12. The summed E-state index contributed by atoms with van der Waals surface area (Å²) in [6.45, 7) is 1.89. The Labute approximate surface area is 146 Å². The zero-order valence-electron chi connectivity index (χ0n) is 11.7. The zero-order chi connectivity index (χ0) is 16.6. The predicted molar refractivity (Wildman–Crippen MR) is 89.6 cm³/mol. The third kappa shape index (κ3) is 2.99. The fraction of sp³-hybridized carbons (Fsp3) is 0.0769. The summed E-state index contributed by atoms with van der Waals surface area (Å²) in [6, 6.07) is 9.14. The maximum atomic E-state index is 9.24. The van der Waals surface area contributed by atoms with Crippen molar-refractivity contribution in [3.05, 3.63) is 44.8 Å². The molecule has 8 nitrogen and oxygen atoms in total. The Morgan fingerprint density at radius 2 is 1.70 bits per heavy atom. The van der Waals surface area contributed by atoms with E-state index in [1.54, 1.807) is 12.1 Å². The molecule has 4 aromatic rings. The minimum atomic E-state index is 0.597. The molecule has 2 aromatic heterocycles. The molecule has 2 heterocycles. The van der Waals surface area contributed by atoms with E-state index in [2.05, 4.69) is 52.5 Å². The molecule has 0 aliphatic heterocycles. The van der Waals surface area contributed by atoms with Crippen molar-refractivity contribution in [3.8, 4) is 0 Å². The van der Waals surface area contributed by atoms with Crippen LogP contribution in [0.15, 0.2) is 39.3 Å². The molecule has 4 rings (SSSR count). The van der Waals surface area contributed by atoms with Crippen LogP contribution in [0.3, 0.4) is 0 Å². The minimum absolute atomic E-state index is 0.597. The van der Waals surface area contributed by atoms with Gasteiger partial charge < -0.3 is 10.4 Å². The van der Waals surface area contributed by atoms with Crippen LogP contribution in [0, 0.1) is 6.92 Å². The van der Waals surface area contributed by atoms with Crippen molar-refractivity contribution in [1.29, 1.82) is 0 Å². The topological polar surface area (TPSA) is 102 Å².